The van der Waals surface area contributed by atoms with Crippen LogP contribution in [0.4, 0.5) is 5.69 Å². The second kappa shape index (κ2) is 7.96. The number of hydrogen-bond donors (Lipinski definition) is 1. The number of anilines is 1. The van der Waals surface area contributed by atoms with E-state index in [0.717, 1.165) is 24.1 Å². The maximum atomic E-state index is 12.7. The zero-order chi connectivity index (χ0) is 19.6. The van der Waals surface area contributed by atoms with Crippen molar-refractivity contribution in [3.05, 3.63) is 52.8 Å². The van der Waals surface area contributed by atoms with E-state index < -0.39 is 10.0 Å². The third-order valence-corrected chi connectivity index (χ3v) is 7.07. The van der Waals surface area contributed by atoms with Crippen LogP contribution >= 0.6 is 11.6 Å². The summed E-state index contributed by atoms with van der Waals surface area (Å²) in [6.07, 6.45) is 3.56. The van der Waals surface area contributed by atoms with Crippen LogP contribution in [0.25, 0.3) is 0 Å². The molecule has 1 aromatic heterocycles. The second-order valence-electron chi connectivity index (χ2n) is 6.71. The van der Waals surface area contributed by atoms with Crippen LogP contribution in [-0.4, -0.2) is 31.7 Å². The van der Waals surface area contributed by atoms with Crippen molar-refractivity contribution in [2.75, 3.05) is 18.4 Å². The molecule has 1 fully saturated rings. The Labute approximate surface area is 164 Å². The predicted octanol–water partition coefficient (Wildman–Crippen LogP) is 2.67. The van der Waals surface area contributed by atoms with Crippen LogP contribution in [0.15, 0.2) is 41.4 Å². The van der Waals surface area contributed by atoms with Crippen molar-refractivity contribution in [3.8, 4) is 0 Å². The van der Waals surface area contributed by atoms with E-state index in [9.17, 15) is 13.2 Å². The molecule has 1 N–H and O–H groups in total. The number of sulfonamides is 1. The van der Waals surface area contributed by atoms with Crippen LogP contribution in [0.5, 0.6) is 0 Å². The Balaban J connectivity index is 1.80. The fourth-order valence-corrected chi connectivity index (χ4v) is 4.81. The summed E-state index contributed by atoms with van der Waals surface area (Å²) in [6, 6.07) is 8.27. The number of aromatic nitrogens is 1. The first-order valence-electron chi connectivity index (χ1n) is 8.84. The molecule has 0 unspecified atom stereocenters. The Hall–Kier alpha value is -1.96. The minimum Gasteiger partial charge on any atom is -0.319 e. The molecule has 1 aliphatic heterocycles. The van der Waals surface area contributed by atoms with Crippen molar-refractivity contribution in [1.29, 1.82) is 0 Å². The van der Waals surface area contributed by atoms with Gasteiger partial charge in [0.15, 0.2) is 11.9 Å². The molecule has 2 aromatic rings. The van der Waals surface area contributed by atoms with E-state index in [2.05, 4.69) is 5.32 Å². The van der Waals surface area contributed by atoms with Crippen molar-refractivity contribution in [1.82, 2.24) is 4.31 Å². The van der Waals surface area contributed by atoms with Gasteiger partial charge < -0.3 is 5.32 Å². The maximum absolute atomic E-state index is 12.7. The van der Waals surface area contributed by atoms with Crippen molar-refractivity contribution in [2.45, 2.75) is 38.1 Å². The molecule has 0 spiro atoms. The van der Waals surface area contributed by atoms with Crippen LogP contribution in [0, 0.1) is 13.8 Å². The average molecular weight is 409 g/mol. The van der Waals surface area contributed by atoms with E-state index in [0.29, 0.717) is 23.8 Å². The average Bonchev–Trinajstić information content (AvgIpc) is 3.16. The Kier molecular flexibility index (Phi) is 5.83. The minimum absolute atomic E-state index is 0.118. The number of rotatable bonds is 5. The third-order valence-electron chi connectivity index (χ3n) is 4.84. The molecule has 3 rings (SSSR count). The highest BCUT2D eigenvalue weighted by Crippen LogP contribution is 2.28. The summed E-state index contributed by atoms with van der Waals surface area (Å²) < 4.78 is 28.7. The molecule has 8 heteroatoms. The van der Waals surface area contributed by atoms with Gasteiger partial charge in [-0.05, 0) is 44.0 Å². The SMILES string of the molecule is Cc1ccc[n+](CC(=O)Nc2cc(S(=O)(=O)N3CCCC3)ccc2Cl)c1C. The van der Waals surface area contributed by atoms with Gasteiger partial charge in [-0.2, -0.15) is 8.87 Å². The number of carbonyl (C=O) groups is 1. The first-order valence-corrected chi connectivity index (χ1v) is 10.7. The van der Waals surface area contributed by atoms with Crippen molar-refractivity contribution in [2.24, 2.45) is 0 Å². The molecule has 144 valence electrons. The van der Waals surface area contributed by atoms with Gasteiger partial charge in [-0.3, -0.25) is 4.79 Å². The van der Waals surface area contributed by atoms with Gasteiger partial charge in [-0.25, -0.2) is 8.42 Å². The van der Waals surface area contributed by atoms with Gasteiger partial charge in [-0.15, -0.1) is 0 Å². The Morgan fingerprint density at radius 1 is 1.22 bits per heavy atom. The second-order valence-corrected chi connectivity index (χ2v) is 9.05. The molecule has 1 amide bonds. The molecule has 27 heavy (non-hydrogen) atoms. The summed E-state index contributed by atoms with van der Waals surface area (Å²) in [6.45, 7) is 5.09. The molecule has 0 radical (unpaired) electrons. The number of halogens is 1. The number of amides is 1. The molecule has 0 atom stereocenters. The fraction of sp³-hybridized carbons (Fsp3) is 0.368. The summed E-state index contributed by atoms with van der Waals surface area (Å²) in [4.78, 5) is 12.6. The number of carbonyl (C=O) groups excluding carboxylic acids is 1. The number of pyridine rings is 1. The lowest BCUT2D eigenvalue weighted by molar-refractivity contribution is -0.690. The van der Waals surface area contributed by atoms with Gasteiger partial charge in [0.05, 0.1) is 15.6 Å². The van der Waals surface area contributed by atoms with Crippen LogP contribution in [-0.2, 0) is 21.4 Å². The van der Waals surface area contributed by atoms with Crippen molar-refractivity contribution < 1.29 is 17.8 Å². The highest BCUT2D eigenvalue weighted by molar-refractivity contribution is 7.89. The Bertz CT molecular complexity index is 970. The van der Waals surface area contributed by atoms with Crippen molar-refractivity contribution >= 4 is 33.2 Å². The normalized spacial score (nSPS) is 15.1. The van der Waals surface area contributed by atoms with E-state index in [-0.39, 0.29) is 17.3 Å². The topological polar surface area (TPSA) is 70.4 Å². The van der Waals surface area contributed by atoms with Gasteiger partial charge in [0.25, 0.3) is 5.91 Å². The van der Waals surface area contributed by atoms with E-state index in [1.54, 1.807) is 0 Å². The Morgan fingerprint density at radius 3 is 2.63 bits per heavy atom. The van der Waals surface area contributed by atoms with Gasteiger partial charge >= 0.3 is 0 Å². The van der Waals surface area contributed by atoms with Crippen LogP contribution in [0.2, 0.25) is 5.02 Å². The highest BCUT2D eigenvalue weighted by Gasteiger charge is 2.28. The lowest BCUT2D eigenvalue weighted by Crippen LogP contribution is -2.43. The van der Waals surface area contributed by atoms with Crippen LogP contribution in [0.3, 0.4) is 0 Å². The Morgan fingerprint density at radius 2 is 1.93 bits per heavy atom. The smallest absolute Gasteiger partial charge is 0.290 e. The number of aryl methyl sites for hydroxylation is 1. The molecular formula is C19H23ClN3O3S+. The summed E-state index contributed by atoms with van der Waals surface area (Å²) in [5, 5.41) is 3.03. The predicted molar refractivity (Wildman–Crippen MR) is 104 cm³/mol. The minimum atomic E-state index is -3.57. The van der Waals surface area contributed by atoms with E-state index in [1.165, 1.54) is 22.5 Å². The van der Waals surface area contributed by atoms with Crippen LogP contribution < -0.4 is 9.88 Å². The molecule has 1 aromatic carbocycles. The summed E-state index contributed by atoms with van der Waals surface area (Å²) in [5.74, 6) is -0.272. The number of benzene rings is 1. The first-order chi connectivity index (χ1) is 12.8. The van der Waals surface area contributed by atoms with E-state index in [1.807, 2.05) is 36.7 Å². The largest absolute Gasteiger partial charge is 0.319 e. The lowest BCUT2D eigenvalue weighted by atomic mass is 10.2. The number of nitrogens with zero attached hydrogens (tertiary/aromatic N) is 2. The van der Waals surface area contributed by atoms with Gasteiger partial charge in [0, 0.05) is 31.6 Å². The molecular weight excluding hydrogens is 386 g/mol. The zero-order valence-electron chi connectivity index (χ0n) is 15.4. The molecule has 6 nitrogen and oxygen atoms in total. The standard InChI is InChI=1S/C19H22ClN3O3S/c1-14-6-5-9-22(15(14)2)13-19(24)21-18-12-16(7-8-17(18)20)27(25,26)23-10-3-4-11-23/h5-9,12H,3-4,10-11,13H2,1-2H3/p+1. The fourth-order valence-electron chi connectivity index (χ4n) is 3.10. The molecule has 1 saturated heterocycles. The number of hydrogen-bond acceptors (Lipinski definition) is 3. The quantitative estimate of drug-likeness (QED) is 0.773. The molecule has 0 saturated carbocycles. The maximum Gasteiger partial charge on any atom is 0.290 e. The summed E-state index contributed by atoms with van der Waals surface area (Å²) in [5.41, 5.74) is 2.37. The first kappa shape index (κ1) is 19.8. The zero-order valence-corrected chi connectivity index (χ0v) is 17.0. The van der Waals surface area contributed by atoms with Gasteiger partial charge in [0.1, 0.15) is 0 Å². The third kappa shape index (κ3) is 4.31. The monoisotopic (exact) mass is 408 g/mol. The van der Waals surface area contributed by atoms with Crippen LogP contribution in [0.1, 0.15) is 24.1 Å². The van der Waals surface area contributed by atoms with E-state index in [4.69, 9.17) is 11.6 Å². The molecule has 1 aliphatic rings. The molecule has 0 bridgehead atoms. The van der Waals surface area contributed by atoms with E-state index >= 15 is 0 Å². The van der Waals surface area contributed by atoms with Gasteiger partial charge in [-0.1, -0.05) is 11.6 Å². The summed E-state index contributed by atoms with van der Waals surface area (Å²) in [7, 11) is -3.57. The molecule has 2 heterocycles. The van der Waals surface area contributed by atoms with Crippen molar-refractivity contribution in [3.63, 3.8) is 0 Å². The summed E-state index contributed by atoms with van der Waals surface area (Å²) >= 11 is 6.18. The molecule has 0 aliphatic carbocycles. The number of nitrogens with one attached hydrogen (secondary N) is 1. The lowest BCUT2D eigenvalue weighted by Gasteiger charge is -2.16. The highest BCUT2D eigenvalue weighted by atomic mass is 35.5. The van der Waals surface area contributed by atoms with Gasteiger partial charge in [0.2, 0.25) is 16.6 Å².